The molecule has 0 radical (unpaired) electrons. The van der Waals surface area contributed by atoms with Crippen LogP contribution >= 0.6 is 23.2 Å². The quantitative estimate of drug-likeness (QED) is 0.752. The van der Waals surface area contributed by atoms with E-state index in [0.29, 0.717) is 33.5 Å². The van der Waals surface area contributed by atoms with E-state index >= 15 is 0 Å². The number of nitrogens with zero attached hydrogens (tertiary/aromatic N) is 1. The van der Waals surface area contributed by atoms with Crippen molar-refractivity contribution >= 4 is 35.1 Å². The molecule has 2 rings (SSSR count). The fourth-order valence-electron chi connectivity index (χ4n) is 4.06. The van der Waals surface area contributed by atoms with Crippen molar-refractivity contribution in [2.45, 2.75) is 39.5 Å². The normalized spacial score (nSPS) is 16.9. The van der Waals surface area contributed by atoms with Crippen molar-refractivity contribution < 1.29 is 19.8 Å². The van der Waals surface area contributed by atoms with Gasteiger partial charge in [-0.1, -0.05) is 30.1 Å². The number of carboxylic acids is 2. The van der Waals surface area contributed by atoms with E-state index in [1.807, 2.05) is 6.92 Å². The van der Waals surface area contributed by atoms with Gasteiger partial charge < -0.3 is 15.1 Å². The Balaban J connectivity index is 3.03. The van der Waals surface area contributed by atoms with Crippen LogP contribution in [0.1, 0.15) is 39.7 Å². The predicted octanol–water partition coefficient (Wildman–Crippen LogP) is 4.69. The van der Waals surface area contributed by atoms with Gasteiger partial charge in [0.15, 0.2) is 0 Å². The Morgan fingerprint density at radius 3 is 1.69 bits per heavy atom. The van der Waals surface area contributed by atoms with Gasteiger partial charge in [0.05, 0.1) is 16.6 Å². The molecule has 0 saturated heterocycles. The van der Waals surface area contributed by atoms with Crippen molar-refractivity contribution in [3.63, 3.8) is 0 Å². The molecule has 0 saturated carbocycles. The smallest absolute Gasteiger partial charge is 0.334 e. The highest BCUT2D eigenvalue weighted by Gasteiger charge is 2.50. The zero-order valence-electron chi connectivity index (χ0n) is 15.1. The maximum atomic E-state index is 12.3. The molecule has 0 spiro atoms. The Bertz CT molecular complexity index is 784. The molecule has 0 atom stereocenters. The van der Waals surface area contributed by atoms with Crippen molar-refractivity contribution in [2.24, 2.45) is 0 Å². The van der Waals surface area contributed by atoms with E-state index in [1.54, 1.807) is 37.8 Å². The summed E-state index contributed by atoms with van der Waals surface area (Å²) in [5, 5.41) is 20.7. The number of hydrogen-bond donors (Lipinski definition) is 2. The molecule has 7 heteroatoms. The third-order valence-electron chi connectivity index (χ3n) is 5.02. The van der Waals surface area contributed by atoms with Gasteiger partial charge in [0.25, 0.3) is 0 Å². The van der Waals surface area contributed by atoms with E-state index in [1.165, 1.54) is 6.07 Å². The lowest BCUT2D eigenvalue weighted by Crippen LogP contribution is -2.45. The van der Waals surface area contributed by atoms with Crippen LogP contribution < -0.4 is 0 Å². The first-order chi connectivity index (χ1) is 12.1. The van der Waals surface area contributed by atoms with E-state index in [0.717, 1.165) is 0 Å². The molecule has 0 bridgehead atoms. The molecule has 1 aromatic rings. The number of halogens is 2. The van der Waals surface area contributed by atoms with Crippen LogP contribution in [0, 0.1) is 0 Å². The summed E-state index contributed by atoms with van der Waals surface area (Å²) in [7, 11) is 0. The maximum absolute atomic E-state index is 12.3. The molecule has 26 heavy (non-hydrogen) atoms. The number of rotatable bonds is 5. The summed E-state index contributed by atoms with van der Waals surface area (Å²) in [6.45, 7) is 7.47. The zero-order chi connectivity index (χ0) is 19.8. The van der Waals surface area contributed by atoms with Gasteiger partial charge in [-0.05, 0) is 51.0 Å². The highest BCUT2D eigenvalue weighted by molar-refractivity contribution is 6.34. The second-order valence-electron chi connectivity index (χ2n) is 6.19. The van der Waals surface area contributed by atoms with Gasteiger partial charge in [0.2, 0.25) is 0 Å². The van der Waals surface area contributed by atoms with Crippen LogP contribution in [0.3, 0.4) is 0 Å². The first kappa shape index (κ1) is 20.3. The van der Waals surface area contributed by atoms with E-state index in [9.17, 15) is 19.8 Å². The van der Waals surface area contributed by atoms with E-state index in [2.05, 4.69) is 0 Å². The Morgan fingerprint density at radius 2 is 1.38 bits per heavy atom. The Morgan fingerprint density at radius 1 is 0.962 bits per heavy atom. The number of hydrogen-bond acceptors (Lipinski definition) is 3. The lowest BCUT2D eigenvalue weighted by Gasteiger charge is -2.44. The Hall–Kier alpha value is -1.98. The maximum Gasteiger partial charge on any atom is 0.334 e. The summed E-state index contributed by atoms with van der Waals surface area (Å²) >= 11 is 12.3. The monoisotopic (exact) mass is 397 g/mol. The second kappa shape index (κ2) is 7.33. The van der Waals surface area contributed by atoms with E-state index in [4.69, 9.17) is 23.2 Å². The number of carboxylic acid groups (broad SMARTS) is 2. The van der Waals surface area contributed by atoms with Crippen molar-refractivity contribution in [3.05, 3.63) is 56.3 Å². The minimum atomic E-state index is -1.36. The van der Waals surface area contributed by atoms with Crippen LogP contribution in [0.25, 0.3) is 0 Å². The summed E-state index contributed by atoms with van der Waals surface area (Å²) < 4.78 is 0. The number of carbonyl (C=O) groups is 2. The van der Waals surface area contributed by atoms with Gasteiger partial charge in [0.1, 0.15) is 0 Å². The first-order valence-corrected chi connectivity index (χ1v) is 9.00. The average molecular weight is 398 g/mol. The molecule has 1 aromatic carbocycles. The number of benzene rings is 1. The fourth-order valence-corrected chi connectivity index (χ4v) is 4.59. The highest BCUT2D eigenvalue weighted by Crippen LogP contribution is 2.50. The fraction of sp³-hybridized carbons (Fsp3) is 0.368. The molecule has 0 aromatic heterocycles. The van der Waals surface area contributed by atoms with Crippen molar-refractivity contribution in [2.75, 3.05) is 6.54 Å². The standard InChI is InChI=1S/C19H21Cl2NO4/c1-5-19(12-7-13(20)9-14(21)8-12)15(17(23)24)10(3)22(6-2)11(4)16(19)18(25)26/h7-9H,5-6H2,1-4H3,(H,23,24)(H,25,26). The predicted molar refractivity (Wildman–Crippen MR) is 101 cm³/mol. The molecule has 0 unspecified atom stereocenters. The van der Waals surface area contributed by atoms with Gasteiger partial charge in [0, 0.05) is 28.0 Å². The highest BCUT2D eigenvalue weighted by atomic mass is 35.5. The van der Waals surface area contributed by atoms with E-state index < -0.39 is 17.4 Å². The Labute approximate surface area is 162 Å². The van der Waals surface area contributed by atoms with Gasteiger partial charge in [-0.2, -0.15) is 0 Å². The number of aliphatic carboxylic acids is 2. The van der Waals surface area contributed by atoms with Crippen molar-refractivity contribution in [1.82, 2.24) is 4.90 Å². The Kier molecular flexibility index (Phi) is 5.73. The summed E-state index contributed by atoms with van der Waals surface area (Å²) in [6.07, 6.45) is 0.235. The largest absolute Gasteiger partial charge is 0.478 e. The van der Waals surface area contributed by atoms with Gasteiger partial charge >= 0.3 is 11.9 Å². The second-order valence-corrected chi connectivity index (χ2v) is 7.07. The van der Waals surface area contributed by atoms with Crippen LogP contribution in [-0.2, 0) is 15.0 Å². The lowest BCUT2D eigenvalue weighted by molar-refractivity contribution is -0.134. The third kappa shape index (κ3) is 2.99. The van der Waals surface area contributed by atoms with Gasteiger partial charge in [-0.3, -0.25) is 0 Å². The van der Waals surface area contributed by atoms with Crippen LogP contribution in [0.4, 0.5) is 0 Å². The molecule has 1 heterocycles. The van der Waals surface area contributed by atoms with Crippen LogP contribution in [0.2, 0.25) is 10.0 Å². The molecule has 5 nitrogen and oxygen atoms in total. The zero-order valence-corrected chi connectivity index (χ0v) is 16.6. The molecule has 1 aliphatic heterocycles. The summed E-state index contributed by atoms with van der Waals surface area (Å²) in [4.78, 5) is 26.2. The topological polar surface area (TPSA) is 77.8 Å². The molecule has 2 N–H and O–H groups in total. The van der Waals surface area contributed by atoms with E-state index in [-0.39, 0.29) is 17.6 Å². The van der Waals surface area contributed by atoms with Crippen LogP contribution in [0.15, 0.2) is 40.7 Å². The van der Waals surface area contributed by atoms with Crippen molar-refractivity contribution in [1.29, 1.82) is 0 Å². The molecule has 0 aliphatic carbocycles. The van der Waals surface area contributed by atoms with Crippen LogP contribution in [0.5, 0.6) is 0 Å². The molecule has 0 fully saturated rings. The molecule has 1 aliphatic rings. The number of allylic oxidation sites excluding steroid dienone is 2. The molecular weight excluding hydrogens is 377 g/mol. The van der Waals surface area contributed by atoms with Gasteiger partial charge in [-0.15, -0.1) is 0 Å². The lowest BCUT2D eigenvalue weighted by atomic mass is 9.64. The third-order valence-corrected chi connectivity index (χ3v) is 5.45. The minimum absolute atomic E-state index is 0.0307. The molecule has 140 valence electrons. The SMILES string of the molecule is CCN1C(C)=C(C(=O)O)C(CC)(c2cc(Cl)cc(Cl)c2)C(C(=O)O)=C1C. The average Bonchev–Trinajstić information content (AvgIpc) is 2.52. The van der Waals surface area contributed by atoms with Crippen LogP contribution in [-0.4, -0.2) is 33.6 Å². The molecule has 0 amide bonds. The molecular formula is C19H21Cl2NO4. The first-order valence-electron chi connectivity index (χ1n) is 8.25. The summed E-state index contributed by atoms with van der Waals surface area (Å²) in [5.41, 5.74) is 0.195. The van der Waals surface area contributed by atoms with Gasteiger partial charge in [-0.25, -0.2) is 9.59 Å². The summed E-state index contributed by atoms with van der Waals surface area (Å²) in [5.74, 6) is -2.32. The summed E-state index contributed by atoms with van der Waals surface area (Å²) in [6, 6.07) is 4.71. The minimum Gasteiger partial charge on any atom is -0.478 e. The van der Waals surface area contributed by atoms with Crippen molar-refractivity contribution in [3.8, 4) is 0 Å².